The number of hydrogen-bond acceptors (Lipinski definition) is 7. The summed E-state index contributed by atoms with van der Waals surface area (Å²) in [7, 11) is 0. The predicted octanol–water partition coefficient (Wildman–Crippen LogP) is 13.2. The van der Waals surface area contributed by atoms with E-state index in [0.29, 0.717) is 5.56 Å². The van der Waals surface area contributed by atoms with Crippen LogP contribution in [0.5, 0.6) is 28.7 Å². The van der Waals surface area contributed by atoms with Gasteiger partial charge in [-0.15, -0.1) is 0 Å². The first-order valence-corrected chi connectivity index (χ1v) is 20.5. The maximum absolute atomic E-state index is 10.8. The van der Waals surface area contributed by atoms with Crippen LogP contribution in [-0.4, -0.2) is 30.1 Å². The van der Waals surface area contributed by atoms with E-state index in [1.807, 2.05) is 36.4 Å². The zero-order valence-corrected chi connectivity index (χ0v) is 33.3. The zero-order valence-electron chi connectivity index (χ0n) is 33.3. The molecule has 1 atom stereocenters. The number of anilines is 5. The Kier molecular flexibility index (Phi) is 8.54. The molecule has 2 aliphatic rings. The molecule has 9 aromatic rings. The number of hydrogen-bond donors (Lipinski definition) is 5. The molecule has 300 valence electrons. The Balaban J connectivity index is 1.07. The van der Waals surface area contributed by atoms with Crippen LogP contribution < -0.4 is 9.80 Å². The standard InChI is InChI=1S/C54H39N3O5/c58-50-49(51(59)53(61)54(62)52(50)60)33-22-25-38(26-23-33)55(40-27-29-47-44(32-40)42-19-8-10-21-46(42)56(47)36-13-3-1-4-14-36)39-17-11-12-34(30-39)35-24-28-43-41-18-7-9-20-45(41)57(48(43)31-35)37-15-5-2-6-16-37/h1-17,19-32,41,58-62H,18H2. The first-order chi connectivity index (χ1) is 30.4. The Morgan fingerprint density at radius 3 is 1.84 bits per heavy atom. The van der Waals surface area contributed by atoms with Crippen molar-refractivity contribution in [1.82, 2.24) is 4.57 Å². The van der Waals surface area contributed by atoms with Gasteiger partial charge in [0.05, 0.1) is 22.3 Å². The fourth-order valence-corrected chi connectivity index (χ4v) is 9.31. The van der Waals surface area contributed by atoms with Crippen LogP contribution in [-0.2, 0) is 0 Å². The third kappa shape index (κ3) is 5.76. The van der Waals surface area contributed by atoms with Gasteiger partial charge >= 0.3 is 0 Å². The topological polar surface area (TPSA) is 113 Å². The third-order valence-electron chi connectivity index (χ3n) is 12.2. The normalized spacial score (nSPS) is 14.2. The van der Waals surface area contributed by atoms with Gasteiger partial charge in [-0.25, -0.2) is 0 Å². The smallest absolute Gasteiger partial charge is 0.208 e. The maximum Gasteiger partial charge on any atom is 0.208 e. The van der Waals surface area contributed by atoms with Crippen molar-refractivity contribution >= 4 is 50.2 Å². The second kappa shape index (κ2) is 14.4. The van der Waals surface area contributed by atoms with Gasteiger partial charge in [0, 0.05) is 50.8 Å². The van der Waals surface area contributed by atoms with Crippen LogP contribution in [0.3, 0.4) is 0 Å². The molecule has 0 saturated carbocycles. The monoisotopic (exact) mass is 809 g/mol. The van der Waals surface area contributed by atoms with Gasteiger partial charge in [0.2, 0.25) is 17.2 Å². The lowest BCUT2D eigenvalue weighted by Crippen LogP contribution is -2.14. The van der Waals surface area contributed by atoms with Gasteiger partial charge in [0.15, 0.2) is 11.5 Å². The van der Waals surface area contributed by atoms with E-state index < -0.39 is 28.7 Å². The van der Waals surface area contributed by atoms with Crippen molar-refractivity contribution < 1.29 is 25.5 Å². The number of rotatable bonds is 7. The van der Waals surface area contributed by atoms with E-state index in [9.17, 15) is 25.5 Å². The van der Waals surface area contributed by atoms with E-state index in [-0.39, 0.29) is 11.5 Å². The fraction of sp³-hybridized carbons (Fsp3) is 0.0370. The molecular formula is C54H39N3O5. The third-order valence-corrected chi connectivity index (χ3v) is 12.2. The summed E-state index contributed by atoms with van der Waals surface area (Å²) in [5.41, 5.74) is 12.9. The van der Waals surface area contributed by atoms with Crippen molar-refractivity contribution in [2.24, 2.45) is 0 Å². The molecule has 8 aromatic carbocycles. The summed E-state index contributed by atoms with van der Waals surface area (Å²) >= 11 is 0. The second-order valence-corrected chi connectivity index (χ2v) is 15.7. The molecule has 0 spiro atoms. The Bertz CT molecular complexity index is 3250. The number of phenolic OH excluding ortho intramolecular Hbond substituents is 5. The van der Waals surface area contributed by atoms with Crippen LogP contribution in [0.15, 0.2) is 194 Å². The Labute approximate surface area is 357 Å². The largest absolute Gasteiger partial charge is 0.504 e. The van der Waals surface area contributed by atoms with Crippen LogP contribution in [0.4, 0.5) is 28.4 Å². The number of aromatic hydroxyl groups is 5. The summed E-state index contributed by atoms with van der Waals surface area (Å²) in [6, 6.07) is 58.1. The highest BCUT2D eigenvalue weighted by molar-refractivity contribution is 6.10. The van der Waals surface area contributed by atoms with Gasteiger partial charge in [-0.05, 0) is 114 Å². The van der Waals surface area contributed by atoms with E-state index >= 15 is 0 Å². The number of fused-ring (bicyclic) bond motifs is 6. The van der Waals surface area contributed by atoms with Gasteiger partial charge in [-0.1, -0.05) is 103 Å². The fourth-order valence-electron chi connectivity index (χ4n) is 9.31. The summed E-state index contributed by atoms with van der Waals surface area (Å²) in [6.07, 6.45) is 7.58. The molecule has 1 unspecified atom stereocenters. The summed E-state index contributed by atoms with van der Waals surface area (Å²) in [6.45, 7) is 0. The molecule has 1 aliphatic heterocycles. The lowest BCUT2D eigenvalue weighted by molar-refractivity contribution is 0.330. The van der Waals surface area contributed by atoms with Gasteiger partial charge in [0.25, 0.3) is 0 Å². The van der Waals surface area contributed by atoms with Crippen molar-refractivity contribution in [2.75, 3.05) is 9.80 Å². The Morgan fingerprint density at radius 2 is 1.08 bits per heavy atom. The summed E-state index contributed by atoms with van der Waals surface area (Å²) in [4.78, 5) is 4.55. The highest BCUT2D eigenvalue weighted by Gasteiger charge is 2.35. The Morgan fingerprint density at radius 1 is 0.468 bits per heavy atom. The van der Waals surface area contributed by atoms with Crippen molar-refractivity contribution in [1.29, 1.82) is 0 Å². The van der Waals surface area contributed by atoms with Crippen LogP contribution in [0.25, 0.3) is 49.7 Å². The minimum absolute atomic E-state index is 0.208. The van der Waals surface area contributed by atoms with Gasteiger partial charge in [0.1, 0.15) is 0 Å². The first kappa shape index (κ1) is 36.7. The molecule has 0 amide bonds. The van der Waals surface area contributed by atoms with Crippen LogP contribution in [0.2, 0.25) is 0 Å². The van der Waals surface area contributed by atoms with Crippen molar-refractivity contribution in [2.45, 2.75) is 12.3 Å². The van der Waals surface area contributed by atoms with Crippen molar-refractivity contribution in [3.63, 3.8) is 0 Å². The predicted molar refractivity (Wildman–Crippen MR) is 248 cm³/mol. The number of aromatic nitrogens is 1. The molecule has 2 heterocycles. The summed E-state index contributed by atoms with van der Waals surface area (Å²) < 4.78 is 2.28. The molecule has 8 heteroatoms. The molecule has 8 nitrogen and oxygen atoms in total. The van der Waals surface area contributed by atoms with Gasteiger partial charge < -0.3 is 39.9 Å². The van der Waals surface area contributed by atoms with E-state index in [2.05, 4.69) is 154 Å². The summed E-state index contributed by atoms with van der Waals surface area (Å²) in [5.74, 6) is -4.06. The average molecular weight is 810 g/mol. The number of nitrogens with zero attached hydrogens (tertiary/aromatic N) is 3. The lowest BCUT2D eigenvalue weighted by atomic mass is 9.91. The minimum Gasteiger partial charge on any atom is -0.504 e. The summed E-state index contributed by atoms with van der Waals surface area (Å²) in [5, 5.41) is 54.5. The average Bonchev–Trinajstić information content (AvgIpc) is 3.84. The van der Waals surface area contributed by atoms with Crippen LogP contribution >= 0.6 is 0 Å². The highest BCUT2D eigenvalue weighted by Crippen LogP contribution is 2.55. The van der Waals surface area contributed by atoms with Gasteiger partial charge in [-0.2, -0.15) is 0 Å². The molecule has 62 heavy (non-hydrogen) atoms. The number of allylic oxidation sites excluding steroid dienone is 4. The minimum atomic E-state index is -1.00. The maximum atomic E-state index is 10.8. The first-order valence-electron chi connectivity index (χ1n) is 20.5. The van der Waals surface area contributed by atoms with Crippen molar-refractivity contribution in [3.05, 3.63) is 199 Å². The number of para-hydroxylation sites is 3. The molecule has 5 N–H and O–H groups in total. The van der Waals surface area contributed by atoms with Crippen LogP contribution in [0.1, 0.15) is 17.9 Å². The van der Waals surface area contributed by atoms with Gasteiger partial charge in [-0.3, -0.25) is 0 Å². The lowest BCUT2D eigenvalue weighted by Gasteiger charge is -2.27. The molecule has 0 saturated heterocycles. The SMILES string of the molecule is Oc1c(O)c(O)c(-c2ccc(N(c3cccc(-c4ccc5c(c4)N(c4ccccc4)C4=CC=CCC45)c3)c3ccc4c(c3)c3ccccc3n4-c3ccccc3)cc2)c(O)c1O. The van der Waals surface area contributed by atoms with E-state index in [4.69, 9.17) is 0 Å². The Hall–Kier alpha value is -8.36. The van der Waals surface area contributed by atoms with Crippen LogP contribution in [0, 0.1) is 0 Å². The van der Waals surface area contributed by atoms with E-state index in [1.54, 1.807) is 12.1 Å². The van der Waals surface area contributed by atoms with Crippen molar-refractivity contribution in [3.8, 4) is 56.7 Å². The number of phenols is 5. The van der Waals surface area contributed by atoms with E-state index in [1.165, 1.54) is 16.9 Å². The quantitative estimate of drug-likeness (QED) is 0.0805. The molecular weight excluding hydrogens is 771 g/mol. The zero-order chi connectivity index (χ0) is 42.1. The highest BCUT2D eigenvalue weighted by atomic mass is 16.4. The second-order valence-electron chi connectivity index (χ2n) is 15.7. The molecule has 0 bridgehead atoms. The molecule has 1 aliphatic carbocycles. The molecule has 0 fully saturated rings. The molecule has 11 rings (SSSR count). The number of benzene rings is 8. The molecule has 1 aromatic heterocycles. The molecule has 0 radical (unpaired) electrons. The van der Waals surface area contributed by atoms with E-state index in [0.717, 1.165) is 67.8 Å².